The minimum Gasteiger partial charge on any atom is -0.456 e. The number of hydrogen-bond donors (Lipinski definition) is 1. The van der Waals surface area contributed by atoms with Gasteiger partial charge in [-0.15, -0.1) is 11.3 Å². The lowest BCUT2D eigenvalue weighted by Crippen LogP contribution is -2.34. The van der Waals surface area contributed by atoms with Crippen LogP contribution in [0.1, 0.15) is 45.1 Å². The minimum absolute atomic E-state index is 0.442. The van der Waals surface area contributed by atoms with Gasteiger partial charge in [-0.25, -0.2) is 9.98 Å². The van der Waals surface area contributed by atoms with Crippen LogP contribution in [0.15, 0.2) is 269 Å². The minimum atomic E-state index is -0.528. The predicted octanol–water partition coefficient (Wildman–Crippen LogP) is 17.6. The van der Waals surface area contributed by atoms with Gasteiger partial charge in [-0.2, -0.15) is 0 Å². The summed E-state index contributed by atoms with van der Waals surface area (Å²) < 4.78 is 11.6. The van der Waals surface area contributed by atoms with Crippen molar-refractivity contribution < 1.29 is 4.42 Å². The highest BCUT2D eigenvalue weighted by atomic mass is 32.1. The number of nitrogens with one attached hydrogen (secondary N) is 1. The van der Waals surface area contributed by atoms with E-state index in [0.29, 0.717) is 5.84 Å². The van der Waals surface area contributed by atoms with Crippen LogP contribution in [0, 0.1) is 0 Å². The topological polar surface area (TPSA) is 54.8 Å². The first-order chi connectivity index (χ1) is 37.7. The summed E-state index contributed by atoms with van der Waals surface area (Å²) in [5.74, 6) is 1.41. The smallest absolute Gasteiger partial charge is 0.159 e. The number of rotatable bonds is 7. The zero-order chi connectivity index (χ0) is 49.9. The maximum Gasteiger partial charge on any atom is 0.159 e. The van der Waals surface area contributed by atoms with Gasteiger partial charge in [-0.05, 0) is 105 Å². The number of thiophene rings is 1. The van der Waals surface area contributed by atoms with Crippen molar-refractivity contribution in [3.8, 4) is 27.9 Å². The van der Waals surface area contributed by atoms with Crippen LogP contribution in [0.3, 0.4) is 0 Å². The third kappa shape index (κ3) is 6.38. The first-order valence-electron chi connectivity index (χ1n) is 25.9. The lowest BCUT2D eigenvalue weighted by atomic mass is 9.67. The molecule has 0 fully saturated rings. The summed E-state index contributed by atoms with van der Waals surface area (Å²) in [7, 11) is 0. The van der Waals surface area contributed by atoms with E-state index in [9.17, 15) is 0 Å². The zero-order valence-electron chi connectivity index (χ0n) is 41.0. The molecule has 14 aromatic rings. The second kappa shape index (κ2) is 16.7. The average molecular weight is 989 g/mol. The third-order valence-electron chi connectivity index (χ3n) is 16.0. The molecule has 0 bridgehead atoms. The van der Waals surface area contributed by atoms with Gasteiger partial charge in [0.05, 0.1) is 16.4 Å². The molecule has 0 amide bonds. The van der Waals surface area contributed by atoms with Gasteiger partial charge in [-0.1, -0.05) is 194 Å². The Morgan fingerprint density at radius 3 is 1.86 bits per heavy atom. The summed E-state index contributed by atoms with van der Waals surface area (Å²) in [5, 5.41) is 11.0. The molecule has 1 unspecified atom stereocenters. The fourth-order valence-corrected chi connectivity index (χ4v) is 13.7. The number of aliphatic imine (C=N–C) groups is 2. The fourth-order valence-electron chi connectivity index (χ4n) is 12.6. The number of benzene rings is 11. The van der Waals surface area contributed by atoms with Crippen LogP contribution >= 0.6 is 11.3 Å². The number of nitrogens with zero attached hydrogens (tertiary/aromatic N) is 3. The van der Waals surface area contributed by atoms with Gasteiger partial charge in [-0.3, -0.25) is 0 Å². The van der Waals surface area contributed by atoms with E-state index in [1.807, 2.05) is 17.4 Å². The molecule has 0 radical (unpaired) electrons. The van der Waals surface area contributed by atoms with Gasteiger partial charge < -0.3 is 14.3 Å². The molecule has 1 aliphatic heterocycles. The van der Waals surface area contributed by atoms with E-state index in [0.717, 1.165) is 50.0 Å². The summed E-state index contributed by atoms with van der Waals surface area (Å²) in [4.78, 5) is 10.8. The van der Waals surface area contributed by atoms with Crippen LogP contribution in [0.2, 0.25) is 0 Å². The second-order valence-corrected chi connectivity index (χ2v) is 21.1. The molecule has 5 nitrogen and oxygen atoms in total. The van der Waals surface area contributed by atoms with Crippen LogP contribution in [0.25, 0.3) is 91.9 Å². The van der Waals surface area contributed by atoms with Crippen molar-refractivity contribution in [2.24, 2.45) is 9.98 Å². The Balaban J connectivity index is 0.782. The number of fused-ring (bicyclic) bond motifs is 12. The standard InChI is InChI=1S/C70H44N4OS/c1-4-17-43(18-5-1)67-71-68(73-69(72-67)55-26-16-28-59-66(55)54-25-10-13-27-58(54)70(59,47-19-6-2-7-20-47)48-21-8-3-9-22-48)46-32-35-52-56-39-44(33-37-62(56)75-63(52)40-46)45-31-36-53-57-42-49(34-38-64(57)76-65(53)41-45)74-60-29-14-11-23-50(60)51-24-12-15-30-61(51)74/h1-42,69H,(H,71,72,73). The largest absolute Gasteiger partial charge is 0.456 e. The van der Waals surface area contributed by atoms with Gasteiger partial charge in [0.25, 0.3) is 0 Å². The van der Waals surface area contributed by atoms with Crippen LogP contribution in [-0.4, -0.2) is 16.2 Å². The highest BCUT2D eigenvalue weighted by Crippen LogP contribution is 2.58. The van der Waals surface area contributed by atoms with Crippen LogP contribution in [-0.2, 0) is 5.41 Å². The molecular formula is C70H44N4OS. The van der Waals surface area contributed by atoms with E-state index in [-0.39, 0.29) is 0 Å². The quantitative estimate of drug-likeness (QED) is 0.173. The number of furan rings is 1. The summed E-state index contributed by atoms with van der Waals surface area (Å²) in [6.07, 6.45) is -0.442. The van der Waals surface area contributed by atoms with Crippen molar-refractivity contribution >= 4 is 86.9 Å². The van der Waals surface area contributed by atoms with E-state index < -0.39 is 11.6 Å². The molecule has 16 rings (SSSR count). The lowest BCUT2D eigenvalue weighted by Gasteiger charge is -2.34. The van der Waals surface area contributed by atoms with Gasteiger partial charge in [0.15, 0.2) is 5.84 Å². The SMILES string of the molecule is c1ccc(C2=NC(c3ccc4c(c3)oc3ccc(-c5ccc6c(c5)sc5ccc(-n7c8ccccc8c8ccccc87)cc56)cc34)=NC(c3cccc4c3-c3ccccc3C4(c3ccccc3)c3ccccc3)N2)cc1. The molecule has 0 saturated carbocycles. The Hall–Kier alpha value is -9.62. The zero-order valence-corrected chi connectivity index (χ0v) is 41.8. The highest BCUT2D eigenvalue weighted by molar-refractivity contribution is 7.25. The van der Waals surface area contributed by atoms with Crippen molar-refractivity contribution in [3.05, 3.63) is 294 Å². The number of hydrogen-bond acceptors (Lipinski definition) is 5. The van der Waals surface area contributed by atoms with Crippen molar-refractivity contribution in [2.45, 2.75) is 11.6 Å². The lowest BCUT2D eigenvalue weighted by molar-refractivity contribution is 0.667. The molecular weight excluding hydrogens is 945 g/mol. The maximum absolute atomic E-state index is 6.69. The first kappa shape index (κ1) is 42.8. The van der Waals surface area contributed by atoms with Gasteiger partial charge in [0, 0.05) is 64.1 Å². The van der Waals surface area contributed by atoms with Crippen molar-refractivity contribution in [3.63, 3.8) is 0 Å². The highest BCUT2D eigenvalue weighted by Gasteiger charge is 2.47. The van der Waals surface area contributed by atoms with Crippen molar-refractivity contribution in [1.82, 2.24) is 9.88 Å². The molecule has 4 heterocycles. The summed E-state index contributed by atoms with van der Waals surface area (Å²) in [6.45, 7) is 0. The first-order valence-corrected chi connectivity index (χ1v) is 26.7. The Morgan fingerprint density at radius 2 is 1.08 bits per heavy atom. The van der Waals surface area contributed by atoms with Crippen LogP contribution < -0.4 is 5.32 Å². The molecule has 76 heavy (non-hydrogen) atoms. The number of aromatic nitrogens is 1. The number of amidine groups is 2. The molecule has 356 valence electrons. The Bertz CT molecular complexity index is 4640. The normalized spacial score (nSPS) is 14.8. The van der Waals surface area contributed by atoms with Gasteiger partial charge in [0.1, 0.15) is 23.2 Å². The molecule has 6 heteroatoms. The molecule has 0 saturated heterocycles. The summed E-state index contributed by atoms with van der Waals surface area (Å²) in [5.41, 5.74) is 17.4. The second-order valence-electron chi connectivity index (χ2n) is 20.0. The molecule has 0 spiro atoms. The molecule has 3 aromatic heterocycles. The Labute approximate surface area is 442 Å². The molecule has 11 aromatic carbocycles. The van der Waals surface area contributed by atoms with Crippen molar-refractivity contribution in [1.29, 1.82) is 0 Å². The number of para-hydroxylation sites is 2. The molecule has 1 atom stereocenters. The van der Waals surface area contributed by atoms with E-state index in [1.54, 1.807) is 0 Å². The maximum atomic E-state index is 6.69. The van der Waals surface area contributed by atoms with Gasteiger partial charge in [0.2, 0.25) is 0 Å². The monoisotopic (exact) mass is 988 g/mol. The van der Waals surface area contributed by atoms with Crippen LogP contribution in [0.4, 0.5) is 0 Å². The van der Waals surface area contributed by atoms with E-state index >= 15 is 0 Å². The predicted molar refractivity (Wildman–Crippen MR) is 316 cm³/mol. The Kier molecular flexibility index (Phi) is 9.42. The molecule has 2 aliphatic rings. The third-order valence-corrected chi connectivity index (χ3v) is 17.1. The fraction of sp³-hybridized carbons (Fsp3) is 0.0286. The summed E-state index contributed by atoms with van der Waals surface area (Å²) in [6, 6.07) is 92.1. The van der Waals surface area contributed by atoms with E-state index in [1.165, 1.54) is 86.6 Å². The van der Waals surface area contributed by atoms with E-state index in [4.69, 9.17) is 14.4 Å². The van der Waals surface area contributed by atoms with Gasteiger partial charge >= 0.3 is 0 Å². The van der Waals surface area contributed by atoms with Crippen LogP contribution in [0.5, 0.6) is 0 Å². The molecule has 1 aliphatic carbocycles. The average Bonchev–Trinajstić information content (AvgIpc) is 4.28. The van der Waals surface area contributed by atoms with Crippen molar-refractivity contribution in [2.75, 3.05) is 0 Å². The molecule has 1 N–H and O–H groups in total. The Morgan fingerprint density at radius 1 is 0.434 bits per heavy atom. The summed E-state index contributed by atoms with van der Waals surface area (Å²) >= 11 is 1.85. The van der Waals surface area contributed by atoms with E-state index in [2.05, 4.69) is 259 Å².